The van der Waals surface area contributed by atoms with E-state index in [0.29, 0.717) is 6.61 Å². The first-order valence-electron chi connectivity index (χ1n) is 6.55. The van der Waals surface area contributed by atoms with Crippen molar-refractivity contribution in [1.29, 1.82) is 0 Å². The van der Waals surface area contributed by atoms with Crippen LogP contribution in [0.25, 0.3) is 0 Å². The van der Waals surface area contributed by atoms with E-state index in [4.69, 9.17) is 4.74 Å². The minimum atomic E-state index is 0.689. The van der Waals surface area contributed by atoms with Crippen LogP contribution in [0.1, 0.15) is 18.3 Å². The van der Waals surface area contributed by atoms with Gasteiger partial charge in [0.05, 0.1) is 6.61 Å². The summed E-state index contributed by atoms with van der Waals surface area (Å²) in [5.41, 5.74) is 1.18. The van der Waals surface area contributed by atoms with Crippen LogP contribution in [0.4, 0.5) is 0 Å². The number of hydrogen-bond donors (Lipinski definition) is 1. The Morgan fingerprint density at radius 2 is 2.16 bits per heavy atom. The number of benzene rings is 1. The van der Waals surface area contributed by atoms with Gasteiger partial charge in [-0.2, -0.15) is 5.10 Å². The summed E-state index contributed by atoms with van der Waals surface area (Å²) in [5.74, 6) is 1.82. The van der Waals surface area contributed by atoms with Crippen molar-refractivity contribution in [3.05, 3.63) is 42.0 Å². The molecule has 0 bridgehead atoms. The molecular weight excluding hydrogens is 240 g/mol. The van der Waals surface area contributed by atoms with Crippen LogP contribution in [0.5, 0.6) is 5.75 Å². The highest BCUT2D eigenvalue weighted by Gasteiger charge is 2.02. The van der Waals surface area contributed by atoms with Crippen LogP contribution in [0.3, 0.4) is 0 Å². The molecule has 2 rings (SSSR count). The molecule has 0 aliphatic carbocycles. The number of ether oxygens (including phenoxy) is 1. The van der Waals surface area contributed by atoms with Crippen molar-refractivity contribution >= 4 is 0 Å². The Labute approximate surface area is 113 Å². The Morgan fingerprint density at radius 3 is 2.89 bits per heavy atom. The predicted octanol–water partition coefficient (Wildman–Crippen LogP) is 1.55. The second-order valence-corrected chi connectivity index (χ2v) is 4.30. The lowest BCUT2D eigenvalue weighted by atomic mass is 10.2. The number of rotatable bonds is 7. The molecule has 1 heterocycles. The van der Waals surface area contributed by atoms with Crippen LogP contribution in [0.15, 0.2) is 30.6 Å². The molecule has 0 aliphatic rings. The summed E-state index contributed by atoms with van der Waals surface area (Å²) >= 11 is 0. The molecule has 0 saturated heterocycles. The fraction of sp³-hybridized carbons (Fsp3) is 0.429. The predicted molar refractivity (Wildman–Crippen MR) is 74.0 cm³/mol. The Hall–Kier alpha value is -1.88. The summed E-state index contributed by atoms with van der Waals surface area (Å²) in [6, 6.07) is 8.10. The van der Waals surface area contributed by atoms with Crippen LogP contribution in [0, 0.1) is 0 Å². The van der Waals surface area contributed by atoms with Gasteiger partial charge >= 0.3 is 0 Å². The van der Waals surface area contributed by atoms with Crippen molar-refractivity contribution in [3.63, 3.8) is 0 Å². The van der Waals surface area contributed by atoms with Gasteiger partial charge in [-0.1, -0.05) is 18.2 Å². The molecule has 5 nitrogen and oxygen atoms in total. The topological polar surface area (TPSA) is 52.0 Å². The van der Waals surface area contributed by atoms with E-state index in [0.717, 1.165) is 31.1 Å². The van der Waals surface area contributed by atoms with Gasteiger partial charge in [0.15, 0.2) is 5.82 Å². The maximum atomic E-state index is 5.59. The molecular formula is C14H20N4O. The molecule has 0 spiro atoms. The molecule has 5 heteroatoms. The first-order chi connectivity index (χ1) is 9.29. The lowest BCUT2D eigenvalue weighted by molar-refractivity contribution is 0.335. The first-order valence-corrected chi connectivity index (χ1v) is 6.55. The molecule has 1 aromatic heterocycles. The van der Waals surface area contributed by atoms with E-state index < -0.39 is 0 Å². The van der Waals surface area contributed by atoms with Crippen molar-refractivity contribution < 1.29 is 4.74 Å². The first kappa shape index (κ1) is 13.5. The summed E-state index contributed by atoms with van der Waals surface area (Å²) in [7, 11) is 1.88. The van der Waals surface area contributed by atoms with Gasteiger partial charge < -0.3 is 10.1 Å². The Balaban J connectivity index is 1.79. The third kappa shape index (κ3) is 4.06. The van der Waals surface area contributed by atoms with Crippen molar-refractivity contribution in [1.82, 2.24) is 20.1 Å². The highest BCUT2D eigenvalue weighted by molar-refractivity contribution is 5.33. The quantitative estimate of drug-likeness (QED) is 0.767. The number of aryl methyl sites for hydroxylation is 1. The maximum absolute atomic E-state index is 5.59. The van der Waals surface area contributed by atoms with Gasteiger partial charge in [-0.25, -0.2) is 4.98 Å². The van der Waals surface area contributed by atoms with Gasteiger partial charge in [0, 0.05) is 32.1 Å². The van der Waals surface area contributed by atoms with E-state index in [1.807, 2.05) is 32.2 Å². The van der Waals surface area contributed by atoms with Crippen LogP contribution >= 0.6 is 0 Å². The van der Waals surface area contributed by atoms with E-state index in [2.05, 4.69) is 21.5 Å². The highest BCUT2D eigenvalue weighted by atomic mass is 16.5. The fourth-order valence-electron chi connectivity index (χ4n) is 1.87. The number of para-hydroxylation sites is 1. The van der Waals surface area contributed by atoms with Gasteiger partial charge in [0.2, 0.25) is 0 Å². The van der Waals surface area contributed by atoms with E-state index in [9.17, 15) is 0 Å². The summed E-state index contributed by atoms with van der Waals surface area (Å²) in [4.78, 5) is 4.19. The summed E-state index contributed by atoms with van der Waals surface area (Å²) < 4.78 is 7.31. The zero-order chi connectivity index (χ0) is 13.5. The molecule has 0 radical (unpaired) electrons. The zero-order valence-electron chi connectivity index (χ0n) is 11.5. The number of nitrogens with one attached hydrogen (secondary N) is 1. The molecule has 0 amide bonds. The lowest BCUT2D eigenvalue weighted by Gasteiger charge is -2.10. The Kier molecular flexibility index (Phi) is 4.92. The van der Waals surface area contributed by atoms with Crippen LogP contribution < -0.4 is 10.1 Å². The largest absolute Gasteiger partial charge is 0.494 e. The molecule has 1 aromatic carbocycles. The van der Waals surface area contributed by atoms with E-state index in [-0.39, 0.29) is 0 Å². The summed E-state index contributed by atoms with van der Waals surface area (Å²) in [6.07, 6.45) is 2.55. The SMILES string of the molecule is CCOc1ccccc1CNCCc1ncn(C)n1. The van der Waals surface area contributed by atoms with Crippen molar-refractivity contribution in [3.8, 4) is 5.75 Å². The second-order valence-electron chi connectivity index (χ2n) is 4.30. The molecule has 1 N–H and O–H groups in total. The standard InChI is InChI=1S/C14H20N4O/c1-3-19-13-7-5-4-6-12(13)10-15-9-8-14-16-11-18(2)17-14/h4-7,11,15H,3,8-10H2,1-2H3. The number of nitrogens with zero attached hydrogens (tertiary/aromatic N) is 3. The minimum Gasteiger partial charge on any atom is -0.494 e. The third-order valence-corrected chi connectivity index (χ3v) is 2.76. The Morgan fingerprint density at radius 1 is 1.32 bits per heavy atom. The maximum Gasteiger partial charge on any atom is 0.151 e. The Bertz CT molecular complexity index is 510. The van der Waals surface area contributed by atoms with Gasteiger partial charge in [-0.15, -0.1) is 0 Å². The second kappa shape index (κ2) is 6.89. The minimum absolute atomic E-state index is 0.689. The molecule has 0 saturated carbocycles. The molecule has 0 atom stereocenters. The molecule has 102 valence electrons. The molecule has 0 unspecified atom stereocenters. The van der Waals surface area contributed by atoms with Crippen molar-refractivity contribution in [2.75, 3.05) is 13.2 Å². The molecule has 2 aromatic rings. The van der Waals surface area contributed by atoms with E-state index >= 15 is 0 Å². The lowest BCUT2D eigenvalue weighted by Crippen LogP contribution is -2.18. The van der Waals surface area contributed by atoms with Crippen LogP contribution in [-0.2, 0) is 20.0 Å². The monoisotopic (exact) mass is 260 g/mol. The zero-order valence-corrected chi connectivity index (χ0v) is 11.5. The number of aromatic nitrogens is 3. The van der Waals surface area contributed by atoms with Gasteiger partial charge in [-0.3, -0.25) is 4.68 Å². The van der Waals surface area contributed by atoms with E-state index in [1.54, 1.807) is 11.0 Å². The summed E-state index contributed by atoms with van der Waals surface area (Å²) in [6.45, 7) is 4.33. The number of hydrogen-bond acceptors (Lipinski definition) is 4. The van der Waals surface area contributed by atoms with Crippen molar-refractivity contribution in [2.45, 2.75) is 19.9 Å². The van der Waals surface area contributed by atoms with Crippen LogP contribution in [-0.4, -0.2) is 27.9 Å². The normalized spacial score (nSPS) is 10.6. The molecule has 0 fully saturated rings. The molecule has 0 aliphatic heterocycles. The smallest absolute Gasteiger partial charge is 0.151 e. The average Bonchev–Trinajstić information content (AvgIpc) is 2.83. The summed E-state index contributed by atoms with van der Waals surface area (Å²) in [5, 5.41) is 7.63. The van der Waals surface area contributed by atoms with Gasteiger partial charge in [-0.05, 0) is 13.0 Å². The van der Waals surface area contributed by atoms with Crippen molar-refractivity contribution in [2.24, 2.45) is 7.05 Å². The fourth-order valence-corrected chi connectivity index (χ4v) is 1.87. The van der Waals surface area contributed by atoms with Gasteiger partial charge in [0.25, 0.3) is 0 Å². The van der Waals surface area contributed by atoms with Crippen LogP contribution in [0.2, 0.25) is 0 Å². The average molecular weight is 260 g/mol. The van der Waals surface area contributed by atoms with E-state index in [1.165, 1.54) is 5.56 Å². The van der Waals surface area contributed by atoms with Gasteiger partial charge in [0.1, 0.15) is 12.1 Å². The molecule has 19 heavy (non-hydrogen) atoms. The third-order valence-electron chi connectivity index (χ3n) is 2.76. The highest BCUT2D eigenvalue weighted by Crippen LogP contribution is 2.17.